The predicted molar refractivity (Wildman–Crippen MR) is 71.9 cm³/mol. The van der Waals surface area contributed by atoms with Gasteiger partial charge in [-0.25, -0.2) is 0 Å². The number of nitrogens with zero attached hydrogens (tertiary/aromatic N) is 3. The molecule has 1 N–H and O–H groups in total. The molecular formula is C13H18N4O2. The molecule has 19 heavy (non-hydrogen) atoms. The van der Waals surface area contributed by atoms with Crippen molar-refractivity contribution in [3.8, 4) is 0 Å². The molecule has 0 unspecified atom stereocenters. The second-order valence-electron chi connectivity index (χ2n) is 4.57. The molecular weight excluding hydrogens is 244 g/mol. The van der Waals surface area contributed by atoms with Crippen molar-refractivity contribution in [2.45, 2.75) is 6.42 Å². The van der Waals surface area contributed by atoms with E-state index in [-0.39, 0.29) is 18.4 Å². The maximum Gasteiger partial charge on any atom is 0.257 e. The predicted octanol–water partition coefficient (Wildman–Crippen LogP) is 0.428. The number of nitrogens with one attached hydrogen (secondary N) is 1. The molecule has 1 saturated heterocycles. The summed E-state index contributed by atoms with van der Waals surface area (Å²) in [4.78, 5) is 31.5. The molecule has 0 atom stereocenters. The van der Waals surface area contributed by atoms with Gasteiger partial charge in [0.1, 0.15) is 6.54 Å². The fraction of sp³-hybridized carbons (Fsp3) is 0.462. The maximum absolute atomic E-state index is 12.5. The van der Waals surface area contributed by atoms with Crippen molar-refractivity contribution < 1.29 is 9.59 Å². The van der Waals surface area contributed by atoms with Gasteiger partial charge in [0.15, 0.2) is 0 Å². The first-order valence-electron chi connectivity index (χ1n) is 6.28. The highest BCUT2D eigenvalue weighted by atomic mass is 16.2. The number of likely N-dealkylation sites (N-methyl/N-ethyl adjacent to an activating group) is 1. The average molecular weight is 262 g/mol. The van der Waals surface area contributed by atoms with Crippen LogP contribution in [0.15, 0.2) is 18.5 Å². The van der Waals surface area contributed by atoms with Gasteiger partial charge in [-0.1, -0.05) is 0 Å². The zero-order chi connectivity index (χ0) is 13.8. The van der Waals surface area contributed by atoms with Crippen LogP contribution >= 0.6 is 0 Å². The van der Waals surface area contributed by atoms with Gasteiger partial charge in [0.2, 0.25) is 5.91 Å². The summed E-state index contributed by atoms with van der Waals surface area (Å²) in [6.45, 7) is 1.41. The van der Waals surface area contributed by atoms with Crippen molar-refractivity contribution in [3.05, 3.63) is 24.0 Å². The van der Waals surface area contributed by atoms with Gasteiger partial charge >= 0.3 is 0 Å². The first kappa shape index (κ1) is 13.3. The van der Waals surface area contributed by atoms with Crippen LogP contribution < -0.4 is 5.32 Å². The highest BCUT2D eigenvalue weighted by molar-refractivity contribution is 6.00. The number of carbonyl (C=O) groups is 2. The summed E-state index contributed by atoms with van der Waals surface area (Å²) in [5, 5.41) is 2.97. The first-order chi connectivity index (χ1) is 9.13. The Hall–Kier alpha value is -2.11. The number of anilines is 1. The highest BCUT2D eigenvalue weighted by Crippen LogP contribution is 2.16. The Morgan fingerprint density at radius 2 is 2.21 bits per heavy atom. The van der Waals surface area contributed by atoms with Crippen LogP contribution in [0.2, 0.25) is 0 Å². The first-order valence-corrected chi connectivity index (χ1v) is 6.28. The lowest BCUT2D eigenvalue weighted by molar-refractivity contribution is -0.129. The molecule has 102 valence electrons. The Balaban J connectivity index is 2.21. The number of amides is 2. The van der Waals surface area contributed by atoms with Gasteiger partial charge in [0.25, 0.3) is 5.91 Å². The molecule has 2 amide bonds. The van der Waals surface area contributed by atoms with Crippen LogP contribution in [0.1, 0.15) is 16.8 Å². The van der Waals surface area contributed by atoms with Gasteiger partial charge in [-0.05, 0) is 12.5 Å². The molecule has 6 nitrogen and oxygen atoms in total. The van der Waals surface area contributed by atoms with Crippen molar-refractivity contribution in [1.82, 2.24) is 14.8 Å². The van der Waals surface area contributed by atoms with E-state index in [1.54, 1.807) is 36.2 Å². The van der Waals surface area contributed by atoms with Crippen LogP contribution in [-0.2, 0) is 4.79 Å². The summed E-state index contributed by atoms with van der Waals surface area (Å²) in [6.07, 6.45) is 3.96. The molecule has 6 heteroatoms. The summed E-state index contributed by atoms with van der Waals surface area (Å²) in [6, 6.07) is 1.75. The van der Waals surface area contributed by atoms with E-state index >= 15 is 0 Å². The molecule has 0 aliphatic carbocycles. The van der Waals surface area contributed by atoms with Crippen molar-refractivity contribution in [1.29, 1.82) is 0 Å². The molecule has 1 aliphatic heterocycles. The third kappa shape index (κ3) is 2.83. The van der Waals surface area contributed by atoms with Crippen LogP contribution in [0, 0.1) is 0 Å². The number of aromatic nitrogens is 1. The molecule has 0 aromatic carbocycles. The largest absolute Gasteiger partial charge is 0.387 e. The molecule has 1 fully saturated rings. The minimum Gasteiger partial charge on any atom is -0.387 e. The van der Waals surface area contributed by atoms with Gasteiger partial charge < -0.3 is 15.1 Å². The van der Waals surface area contributed by atoms with Crippen LogP contribution in [0.3, 0.4) is 0 Å². The van der Waals surface area contributed by atoms with E-state index in [1.807, 2.05) is 0 Å². The van der Waals surface area contributed by atoms with Crippen molar-refractivity contribution in [3.63, 3.8) is 0 Å². The maximum atomic E-state index is 12.5. The molecule has 1 aromatic heterocycles. The van der Waals surface area contributed by atoms with Crippen molar-refractivity contribution in [2.75, 3.05) is 39.0 Å². The lowest BCUT2D eigenvalue weighted by Crippen LogP contribution is -2.38. The minimum atomic E-state index is -0.152. The van der Waals surface area contributed by atoms with E-state index in [1.165, 1.54) is 6.20 Å². The third-order valence-corrected chi connectivity index (χ3v) is 3.28. The monoisotopic (exact) mass is 262 g/mol. The number of hydrogen-bond donors (Lipinski definition) is 1. The Labute approximate surface area is 112 Å². The van der Waals surface area contributed by atoms with E-state index in [0.29, 0.717) is 18.7 Å². The fourth-order valence-corrected chi connectivity index (χ4v) is 2.11. The number of rotatable bonds is 2. The van der Waals surface area contributed by atoms with Crippen molar-refractivity contribution >= 4 is 17.5 Å². The molecule has 0 radical (unpaired) electrons. The van der Waals surface area contributed by atoms with Gasteiger partial charge in [0.05, 0.1) is 5.56 Å². The molecule has 1 aromatic rings. The molecule has 2 heterocycles. The van der Waals surface area contributed by atoms with Gasteiger partial charge in [-0.15, -0.1) is 0 Å². The number of pyridine rings is 1. The smallest absolute Gasteiger partial charge is 0.257 e. The standard InChI is InChI=1S/C13H18N4O2/c1-14-11-4-5-15-8-10(11)13(19)17-7-3-6-16(2)12(18)9-17/h4-5,8H,3,6-7,9H2,1-2H3,(H,14,15). The zero-order valence-corrected chi connectivity index (χ0v) is 11.2. The van der Waals surface area contributed by atoms with Gasteiger partial charge in [-0.3, -0.25) is 14.6 Å². The Bertz CT molecular complexity index is 489. The Morgan fingerprint density at radius 3 is 2.95 bits per heavy atom. The van der Waals surface area contributed by atoms with Gasteiger partial charge in [0, 0.05) is 45.3 Å². The van der Waals surface area contributed by atoms with E-state index in [2.05, 4.69) is 10.3 Å². The SMILES string of the molecule is CNc1ccncc1C(=O)N1CCCN(C)C(=O)C1. The topological polar surface area (TPSA) is 65.5 Å². The van der Waals surface area contributed by atoms with E-state index in [4.69, 9.17) is 0 Å². The molecule has 0 spiro atoms. The van der Waals surface area contributed by atoms with Gasteiger partial charge in [-0.2, -0.15) is 0 Å². The molecule has 1 aliphatic rings. The Kier molecular flexibility index (Phi) is 3.99. The number of hydrogen-bond acceptors (Lipinski definition) is 4. The van der Waals surface area contributed by atoms with Crippen LogP contribution in [0.25, 0.3) is 0 Å². The molecule has 0 bridgehead atoms. The van der Waals surface area contributed by atoms with E-state index < -0.39 is 0 Å². The zero-order valence-electron chi connectivity index (χ0n) is 11.2. The summed E-state index contributed by atoms with van der Waals surface area (Å²) in [5.41, 5.74) is 1.23. The van der Waals surface area contributed by atoms with Crippen LogP contribution in [-0.4, -0.2) is 60.3 Å². The average Bonchev–Trinajstić information content (AvgIpc) is 2.60. The van der Waals surface area contributed by atoms with E-state index in [0.717, 1.165) is 12.1 Å². The summed E-state index contributed by atoms with van der Waals surface area (Å²) >= 11 is 0. The second kappa shape index (κ2) is 5.69. The summed E-state index contributed by atoms with van der Waals surface area (Å²) in [5.74, 6) is -0.179. The fourth-order valence-electron chi connectivity index (χ4n) is 2.11. The van der Waals surface area contributed by atoms with E-state index in [9.17, 15) is 9.59 Å². The molecule has 2 rings (SSSR count). The second-order valence-corrected chi connectivity index (χ2v) is 4.57. The highest BCUT2D eigenvalue weighted by Gasteiger charge is 2.25. The quantitative estimate of drug-likeness (QED) is 0.839. The van der Waals surface area contributed by atoms with Crippen LogP contribution in [0.5, 0.6) is 0 Å². The minimum absolute atomic E-state index is 0.0271. The third-order valence-electron chi connectivity index (χ3n) is 3.28. The summed E-state index contributed by atoms with van der Waals surface area (Å²) < 4.78 is 0. The molecule has 0 saturated carbocycles. The van der Waals surface area contributed by atoms with Crippen molar-refractivity contribution in [2.24, 2.45) is 0 Å². The van der Waals surface area contributed by atoms with Crippen LogP contribution in [0.4, 0.5) is 5.69 Å². The lowest BCUT2D eigenvalue weighted by Gasteiger charge is -2.20. The lowest BCUT2D eigenvalue weighted by atomic mass is 10.2. The summed E-state index contributed by atoms with van der Waals surface area (Å²) in [7, 11) is 3.52. The number of carbonyl (C=O) groups excluding carboxylic acids is 2. The Morgan fingerprint density at radius 1 is 1.42 bits per heavy atom. The normalized spacial score (nSPS) is 16.2.